The summed E-state index contributed by atoms with van der Waals surface area (Å²) in [6.45, 7) is 0.336. The molecule has 0 radical (unpaired) electrons. The van der Waals surface area contributed by atoms with Gasteiger partial charge in [-0.25, -0.2) is 4.98 Å². The standard InChI is InChI=1S/C11H12N2O2/c14-6-7-15-11-3-1-2-10(8-11)13-5-4-12-9-13/h1-5,8-9,14H,6-7H2. The lowest BCUT2D eigenvalue weighted by Gasteiger charge is -2.06. The summed E-state index contributed by atoms with van der Waals surface area (Å²) in [5.41, 5.74) is 0.989. The van der Waals surface area contributed by atoms with E-state index in [1.54, 1.807) is 12.5 Å². The summed E-state index contributed by atoms with van der Waals surface area (Å²) in [4.78, 5) is 3.97. The first-order valence-electron chi connectivity index (χ1n) is 4.72. The first-order chi connectivity index (χ1) is 7.40. The Balaban J connectivity index is 2.19. The molecule has 4 nitrogen and oxygen atoms in total. The zero-order valence-corrected chi connectivity index (χ0v) is 8.21. The van der Waals surface area contributed by atoms with Crippen LogP contribution in [0.3, 0.4) is 0 Å². The largest absolute Gasteiger partial charge is 0.491 e. The predicted molar refractivity (Wildman–Crippen MR) is 56.1 cm³/mol. The van der Waals surface area contributed by atoms with Crippen molar-refractivity contribution >= 4 is 0 Å². The molecule has 2 aromatic rings. The molecule has 0 saturated carbocycles. The molecule has 0 saturated heterocycles. The minimum Gasteiger partial charge on any atom is -0.491 e. The average molecular weight is 204 g/mol. The van der Waals surface area contributed by atoms with Gasteiger partial charge in [-0.3, -0.25) is 0 Å². The number of aliphatic hydroxyl groups is 1. The lowest BCUT2D eigenvalue weighted by atomic mass is 10.3. The molecule has 0 spiro atoms. The van der Waals surface area contributed by atoms with Gasteiger partial charge in [0.15, 0.2) is 0 Å². The summed E-state index contributed by atoms with van der Waals surface area (Å²) < 4.78 is 7.20. The summed E-state index contributed by atoms with van der Waals surface area (Å²) in [6, 6.07) is 7.63. The van der Waals surface area contributed by atoms with Crippen LogP contribution >= 0.6 is 0 Å². The number of aliphatic hydroxyl groups excluding tert-OH is 1. The van der Waals surface area contributed by atoms with Crippen LogP contribution < -0.4 is 4.74 Å². The molecule has 0 fully saturated rings. The van der Waals surface area contributed by atoms with Crippen molar-refractivity contribution in [2.75, 3.05) is 13.2 Å². The van der Waals surface area contributed by atoms with E-state index in [0.717, 1.165) is 11.4 Å². The Labute approximate surface area is 87.8 Å². The van der Waals surface area contributed by atoms with Gasteiger partial charge >= 0.3 is 0 Å². The van der Waals surface area contributed by atoms with Crippen molar-refractivity contribution in [3.05, 3.63) is 43.0 Å². The Morgan fingerprint density at radius 3 is 3.07 bits per heavy atom. The van der Waals surface area contributed by atoms with Crippen LogP contribution in [0, 0.1) is 0 Å². The van der Waals surface area contributed by atoms with Crippen molar-refractivity contribution in [1.29, 1.82) is 0 Å². The summed E-state index contributed by atoms with van der Waals surface area (Å²) >= 11 is 0. The van der Waals surface area contributed by atoms with E-state index in [1.165, 1.54) is 0 Å². The highest BCUT2D eigenvalue weighted by atomic mass is 16.5. The Hall–Kier alpha value is -1.81. The summed E-state index contributed by atoms with van der Waals surface area (Å²) in [7, 11) is 0. The molecule has 0 aliphatic heterocycles. The smallest absolute Gasteiger partial charge is 0.121 e. The van der Waals surface area contributed by atoms with Crippen molar-refractivity contribution in [2.24, 2.45) is 0 Å². The van der Waals surface area contributed by atoms with Crippen LogP contribution in [0.5, 0.6) is 5.75 Å². The average Bonchev–Trinajstić information content (AvgIpc) is 2.80. The van der Waals surface area contributed by atoms with Crippen molar-refractivity contribution in [2.45, 2.75) is 0 Å². The number of aromatic nitrogens is 2. The van der Waals surface area contributed by atoms with Crippen LogP contribution in [0.25, 0.3) is 5.69 Å². The third-order valence-electron chi connectivity index (χ3n) is 1.98. The number of ether oxygens (including phenoxy) is 1. The Morgan fingerprint density at radius 1 is 1.40 bits per heavy atom. The number of imidazole rings is 1. The van der Waals surface area contributed by atoms with Gasteiger partial charge in [0.25, 0.3) is 0 Å². The second-order valence-electron chi connectivity index (χ2n) is 3.04. The highest BCUT2D eigenvalue weighted by molar-refractivity contribution is 5.39. The van der Waals surface area contributed by atoms with Crippen LogP contribution in [0.15, 0.2) is 43.0 Å². The number of benzene rings is 1. The van der Waals surface area contributed by atoms with Crippen LogP contribution in [0.2, 0.25) is 0 Å². The molecule has 0 atom stereocenters. The molecule has 1 aromatic heterocycles. The van der Waals surface area contributed by atoms with Crippen molar-refractivity contribution < 1.29 is 9.84 Å². The molecule has 4 heteroatoms. The van der Waals surface area contributed by atoms with Crippen LogP contribution in [-0.4, -0.2) is 27.9 Å². The Kier molecular flexibility index (Phi) is 2.99. The number of rotatable bonds is 4. The Morgan fingerprint density at radius 2 is 2.33 bits per heavy atom. The zero-order valence-electron chi connectivity index (χ0n) is 8.21. The van der Waals surface area contributed by atoms with Gasteiger partial charge in [0.2, 0.25) is 0 Å². The monoisotopic (exact) mass is 204 g/mol. The normalized spacial score (nSPS) is 10.2. The lowest BCUT2D eigenvalue weighted by Crippen LogP contribution is -2.02. The van der Waals surface area contributed by atoms with Gasteiger partial charge in [0.05, 0.1) is 18.6 Å². The molecule has 15 heavy (non-hydrogen) atoms. The van der Waals surface area contributed by atoms with Crippen molar-refractivity contribution in [3.8, 4) is 11.4 Å². The van der Waals surface area contributed by atoms with E-state index in [0.29, 0.717) is 6.61 Å². The fraction of sp³-hybridized carbons (Fsp3) is 0.182. The van der Waals surface area contributed by atoms with E-state index < -0.39 is 0 Å². The minimum absolute atomic E-state index is 0.0231. The molecule has 0 unspecified atom stereocenters. The third-order valence-corrected chi connectivity index (χ3v) is 1.98. The number of hydrogen-bond donors (Lipinski definition) is 1. The van der Waals surface area contributed by atoms with Gasteiger partial charge < -0.3 is 14.4 Å². The van der Waals surface area contributed by atoms with E-state index in [1.807, 2.05) is 35.0 Å². The second kappa shape index (κ2) is 4.61. The van der Waals surface area contributed by atoms with E-state index in [9.17, 15) is 0 Å². The first-order valence-corrected chi connectivity index (χ1v) is 4.72. The SMILES string of the molecule is OCCOc1cccc(-n2ccnc2)c1. The van der Waals surface area contributed by atoms with Crippen LogP contribution in [-0.2, 0) is 0 Å². The number of hydrogen-bond acceptors (Lipinski definition) is 3. The van der Waals surface area contributed by atoms with Gasteiger partial charge in [0.1, 0.15) is 12.4 Å². The fourth-order valence-corrected chi connectivity index (χ4v) is 1.31. The van der Waals surface area contributed by atoms with Crippen molar-refractivity contribution in [3.63, 3.8) is 0 Å². The van der Waals surface area contributed by atoms with Crippen molar-refractivity contribution in [1.82, 2.24) is 9.55 Å². The maximum absolute atomic E-state index is 8.64. The van der Waals surface area contributed by atoms with Gasteiger partial charge in [-0.2, -0.15) is 0 Å². The van der Waals surface area contributed by atoms with Gasteiger partial charge in [-0.15, -0.1) is 0 Å². The van der Waals surface area contributed by atoms with Gasteiger partial charge in [-0.1, -0.05) is 6.07 Å². The molecule has 2 rings (SSSR count). The molecule has 0 aliphatic rings. The maximum Gasteiger partial charge on any atom is 0.121 e. The molecule has 0 aliphatic carbocycles. The first kappa shape index (κ1) is 9.73. The van der Waals surface area contributed by atoms with Gasteiger partial charge in [-0.05, 0) is 12.1 Å². The molecular weight excluding hydrogens is 192 g/mol. The van der Waals surface area contributed by atoms with E-state index in [4.69, 9.17) is 9.84 Å². The second-order valence-corrected chi connectivity index (χ2v) is 3.04. The lowest BCUT2D eigenvalue weighted by molar-refractivity contribution is 0.201. The summed E-state index contributed by atoms with van der Waals surface area (Å²) in [6.07, 6.45) is 5.32. The van der Waals surface area contributed by atoms with E-state index >= 15 is 0 Å². The molecule has 1 heterocycles. The maximum atomic E-state index is 8.64. The topological polar surface area (TPSA) is 47.3 Å². The minimum atomic E-state index is 0.0231. The zero-order chi connectivity index (χ0) is 10.5. The Bertz CT molecular complexity index is 412. The van der Waals surface area contributed by atoms with Crippen LogP contribution in [0.1, 0.15) is 0 Å². The molecular formula is C11H12N2O2. The third kappa shape index (κ3) is 2.35. The van der Waals surface area contributed by atoms with Gasteiger partial charge in [0, 0.05) is 18.5 Å². The molecule has 0 bridgehead atoms. The van der Waals surface area contributed by atoms with E-state index in [-0.39, 0.29) is 6.61 Å². The highest BCUT2D eigenvalue weighted by Crippen LogP contribution is 2.16. The molecule has 0 amide bonds. The fourth-order valence-electron chi connectivity index (χ4n) is 1.31. The summed E-state index contributed by atoms with van der Waals surface area (Å²) in [5, 5.41) is 8.64. The highest BCUT2D eigenvalue weighted by Gasteiger charge is 1.97. The number of nitrogens with zero attached hydrogens (tertiary/aromatic N) is 2. The quantitative estimate of drug-likeness (QED) is 0.815. The summed E-state index contributed by atoms with van der Waals surface area (Å²) in [5.74, 6) is 0.746. The predicted octanol–water partition coefficient (Wildman–Crippen LogP) is 1.24. The molecule has 1 aromatic carbocycles. The molecule has 1 N–H and O–H groups in total. The molecule has 78 valence electrons. The van der Waals surface area contributed by atoms with Crippen LogP contribution in [0.4, 0.5) is 0 Å². The van der Waals surface area contributed by atoms with E-state index in [2.05, 4.69) is 4.98 Å².